The van der Waals surface area contributed by atoms with Crippen LogP contribution >= 0.6 is 0 Å². The molecule has 1 rings (SSSR count). The topological polar surface area (TPSA) is 93.2 Å². The summed E-state index contributed by atoms with van der Waals surface area (Å²) >= 11 is 0. The number of carbonyl (C=O) groups excluding carboxylic acids is 4. The number of hydrogen-bond acceptors (Lipinski definition) is 7. The van der Waals surface area contributed by atoms with Crippen molar-refractivity contribution in [1.82, 2.24) is 9.80 Å². The first-order valence-corrected chi connectivity index (χ1v) is 6.78. The molecule has 8 heteroatoms. The monoisotopic (exact) mass is 314 g/mol. The molecule has 0 aromatic carbocycles. The summed E-state index contributed by atoms with van der Waals surface area (Å²) in [6.07, 6.45) is -1.45. The van der Waals surface area contributed by atoms with Gasteiger partial charge in [-0.3, -0.25) is 9.59 Å². The lowest BCUT2D eigenvalue weighted by Gasteiger charge is -2.36. The maximum atomic E-state index is 12.3. The van der Waals surface area contributed by atoms with Crippen LogP contribution in [-0.2, 0) is 23.9 Å². The fourth-order valence-corrected chi connectivity index (χ4v) is 2.37. The Morgan fingerprint density at radius 3 is 2.23 bits per heavy atom. The van der Waals surface area contributed by atoms with E-state index in [9.17, 15) is 19.2 Å². The molecular formula is C14H22N2O6. The minimum atomic E-state index is -1.70. The Kier molecular flexibility index (Phi) is 4.96. The largest absolute Gasteiger partial charge is 0.467 e. The number of methoxy groups -OCH3 is 1. The molecule has 124 valence electrons. The molecule has 1 atom stereocenters. The van der Waals surface area contributed by atoms with Gasteiger partial charge in [0, 0.05) is 6.54 Å². The van der Waals surface area contributed by atoms with Crippen molar-refractivity contribution in [2.45, 2.75) is 38.3 Å². The average molecular weight is 314 g/mol. The van der Waals surface area contributed by atoms with E-state index in [1.165, 1.54) is 0 Å². The van der Waals surface area contributed by atoms with E-state index in [0.29, 0.717) is 4.90 Å². The number of Topliss-reactive ketones (excluding diaryl/α,β-unsaturated/α-hetero) is 1. The summed E-state index contributed by atoms with van der Waals surface area (Å²) in [6.45, 7) is 4.84. The number of carbonyl (C=O) groups is 4. The van der Waals surface area contributed by atoms with Gasteiger partial charge in [-0.15, -0.1) is 0 Å². The highest BCUT2D eigenvalue weighted by molar-refractivity contribution is 6.42. The van der Waals surface area contributed by atoms with Gasteiger partial charge < -0.3 is 14.4 Å². The zero-order valence-electron chi connectivity index (χ0n) is 13.8. The number of ketones is 1. The third-order valence-electron chi connectivity index (χ3n) is 3.04. The molecule has 0 radical (unpaired) electrons. The molecule has 1 aliphatic heterocycles. The van der Waals surface area contributed by atoms with Crippen LogP contribution in [0.1, 0.15) is 27.2 Å². The predicted molar refractivity (Wildman–Crippen MR) is 76.0 cm³/mol. The summed E-state index contributed by atoms with van der Waals surface area (Å²) in [4.78, 5) is 50.7. The van der Waals surface area contributed by atoms with Crippen LogP contribution in [0, 0.1) is 0 Å². The Hall–Kier alpha value is -1.96. The van der Waals surface area contributed by atoms with E-state index in [0.717, 1.165) is 7.11 Å². The smallest absolute Gasteiger partial charge is 0.418 e. The lowest BCUT2D eigenvalue weighted by molar-refractivity contribution is -0.157. The highest BCUT2D eigenvalue weighted by Crippen LogP contribution is 2.32. The second kappa shape index (κ2) is 6.04. The second-order valence-corrected chi connectivity index (χ2v) is 6.48. The second-order valence-electron chi connectivity index (χ2n) is 6.48. The highest BCUT2D eigenvalue weighted by Gasteiger charge is 2.60. The van der Waals surface area contributed by atoms with E-state index < -0.39 is 41.3 Å². The Morgan fingerprint density at radius 2 is 1.82 bits per heavy atom. The highest BCUT2D eigenvalue weighted by atomic mass is 16.6. The maximum Gasteiger partial charge on any atom is 0.418 e. The molecule has 0 aromatic heterocycles. The average Bonchev–Trinajstić information content (AvgIpc) is 2.58. The molecule has 1 unspecified atom stereocenters. The van der Waals surface area contributed by atoms with Crippen molar-refractivity contribution < 1.29 is 28.7 Å². The molecule has 2 amide bonds. The Labute approximate surface area is 129 Å². The molecule has 1 heterocycles. The Balaban J connectivity index is 3.32. The number of likely N-dealkylation sites (N-methyl/N-ethyl adjacent to an activating group) is 1. The van der Waals surface area contributed by atoms with E-state index in [2.05, 4.69) is 0 Å². The van der Waals surface area contributed by atoms with Gasteiger partial charge in [0.2, 0.25) is 5.78 Å². The van der Waals surface area contributed by atoms with Gasteiger partial charge >= 0.3 is 12.1 Å². The van der Waals surface area contributed by atoms with E-state index in [1.54, 1.807) is 39.8 Å². The first kappa shape index (κ1) is 18.1. The molecule has 22 heavy (non-hydrogen) atoms. The van der Waals surface area contributed by atoms with Crippen LogP contribution in [0.3, 0.4) is 0 Å². The van der Waals surface area contributed by atoms with Crippen LogP contribution in [0.15, 0.2) is 0 Å². The SMILES string of the molecule is COC(=O)C1(CN(C)C)CC(=O)C(=O)N1C(=O)OC(C)(C)C. The zero-order chi connectivity index (χ0) is 17.3. The summed E-state index contributed by atoms with van der Waals surface area (Å²) in [7, 11) is 4.46. The van der Waals surface area contributed by atoms with Crippen molar-refractivity contribution in [3.8, 4) is 0 Å². The molecule has 0 saturated carbocycles. The Morgan fingerprint density at radius 1 is 1.27 bits per heavy atom. The maximum absolute atomic E-state index is 12.3. The fourth-order valence-electron chi connectivity index (χ4n) is 2.37. The first-order chi connectivity index (χ1) is 9.94. The van der Waals surface area contributed by atoms with Crippen LogP contribution in [0.25, 0.3) is 0 Å². The summed E-state index contributed by atoms with van der Waals surface area (Å²) in [5, 5.41) is 0. The lowest BCUT2D eigenvalue weighted by atomic mass is 9.95. The summed E-state index contributed by atoms with van der Waals surface area (Å²) < 4.78 is 9.89. The lowest BCUT2D eigenvalue weighted by Crippen LogP contribution is -2.60. The van der Waals surface area contributed by atoms with Crippen molar-refractivity contribution in [2.24, 2.45) is 0 Å². The van der Waals surface area contributed by atoms with Crippen LogP contribution in [-0.4, -0.2) is 72.4 Å². The van der Waals surface area contributed by atoms with Gasteiger partial charge in [-0.05, 0) is 34.9 Å². The molecular weight excluding hydrogens is 292 g/mol. The minimum absolute atomic E-state index is 0.0314. The molecule has 0 bridgehead atoms. The summed E-state index contributed by atoms with van der Waals surface area (Å²) in [6, 6.07) is 0. The van der Waals surface area contributed by atoms with Crippen molar-refractivity contribution in [2.75, 3.05) is 27.7 Å². The van der Waals surface area contributed by atoms with Crippen LogP contribution in [0.5, 0.6) is 0 Å². The molecule has 0 N–H and O–H groups in total. The molecule has 1 saturated heterocycles. The minimum Gasteiger partial charge on any atom is -0.467 e. The van der Waals surface area contributed by atoms with Crippen LogP contribution < -0.4 is 0 Å². The normalized spacial score (nSPS) is 22.2. The molecule has 0 aliphatic carbocycles. The summed E-state index contributed by atoms with van der Waals surface area (Å²) in [5.74, 6) is -2.70. The number of nitrogens with zero attached hydrogens (tertiary/aromatic N) is 2. The molecule has 0 aromatic rings. The van der Waals surface area contributed by atoms with Gasteiger partial charge in [0.25, 0.3) is 5.91 Å². The number of hydrogen-bond donors (Lipinski definition) is 0. The van der Waals surface area contributed by atoms with Crippen molar-refractivity contribution in [1.29, 1.82) is 0 Å². The first-order valence-electron chi connectivity index (χ1n) is 6.78. The number of esters is 1. The van der Waals surface area contributed by atoms with E-state index >= 15 is 0 Å². The number of ether oxygens (including phenoxy) is 2. The van der Waals surface area contributed by atoms with E-state index in [-0.39, 0.29) is 6.54 Å². The van der Waals surface area contributed by atoms with Gasteiger partial charge in [0.05, 0.1) is 13.5 Å². The van der Waals surface area contributed by atoms with Crippen molar-refractivity contribution >= 4 is 23.8 Å². The molecule has 0 spiro atoms. The van der Waals surface area contributed by atoms with Crippen LogP contribution in [0.2, 0.25) is 0 Å². The van der Waals surface area contributed by atoms with Gasteiger partial charge in [0.15, 0.2) is 5.54 Å². The number of rotatable bonds is 3. The third kappa shape index (κ3) is 3.44. The number of amides is 2. The molecule has 1 fully saturated rings. The fraction of sp³-hybridized carbons (Fsp3) is 0.714. The predicted octanol–water partition coefficient (Wildman–Crippen LogP) is 0.196. The Bertz CT molecular complexity index is 508. The number of imide groups is 1. The van der Waals surface area contributed by atoms with Crippen LogP contribution in [0.4, 0.5) is 4.79 Å². The molecule has 8 nitrogen and oxygen atoms in total. The number of likely N-dealkylation sites (tertiary alicyclic amines) is 1. The quantitative estimate of drug-likeness (QED) is 0.542. The van der Waals surface area contributed by atoms with Gasteiger partial charge in [-0.25, -0.2) is 14.5 Å². The summed E-state index contributed by atoms with van der Waals surface area (Å²) in [5.41, 5.74) is -2.57. The third-order valence-corrected chi connectivity index (χ3v) is 3.04. The van der Waals surface area contributed by atoms with Gasteiger partial charge in [0.1, 0.15) is 5.60 Å². The van der Waals surface area contributed by atoms with Crippen molar-refractivity contribution in [3.05, 3.63) is 0 Å². The van der Waals surface area contributed by atoms with E-state index in [1.807, 2.05) is 0 Å². The standard InChI is InChI=1S/C14H22N2O6/c1-13(2,3)22-12(20)16-10(18)9(17)7-14(16,8-15(4)5)11(19)21-6/h7-8H2,1-6H3. The van der Waals surface area contributed by atoms with Gasteiger partial charge in [-0.2, -0.15) is 0 Å². The van der Waals surface area contributed by atoms with Gasteiger partial charge in [-0.1, -0.05) is 0 Å². The van der Waals surface area contributed by atoms with E-state index in [4.69, 9.17) is 9.47 Å². The zero-order valence-corrected chi connectivity index (χ0v) is 13.8. The van der Waals surface area contributed by atoms with Crippen molar-refractivity contribution in [3.63, 3.8) is 0 Å². The molecule has 1 aliphatic rings.